The van der Waals surface area contributed by atoms with Gasteiger partial charge in [0.2, 0.25) is 0 Å². The highest BCUT2D eigenvalue weighted by atomic mass is 35.5. The van der Waals surface area contributed by atoms with Gasteiger partial charge >= 0.3 is 12.0 Å². The second-order valence-corrected chi connectivity index (χ2v) is 6.96. The quantitative estimate of drug-likeness (QED) is 0.724. The fourth-order valence-corrected chi connectivity index (χ4v) is 3.08. The Kier molecular flexibility index (Phi) is 7.37. The van der Waals surface area contributed by atoms with E-state index in [-0.39, 0.29) is 18.5 Å². The number of nitrogens with one attached hydrogen (secondary N) is 1. The van der Waals surface area contributed by atoms with Gasteiger partial charge in [-0.15, -0.1) is 0 Å². The molecule has 6 nitrogen and oxygen atoms in total. The zero-order valence-corrected chi connectivity index (χ0v) is 15.2. The molecule has 0 aromatic heterocycles. The van der Waals surface area contributed by atoms with Crippen LogP contribution in [0.1, 0.15) is 26.2 Å². The third-order valence-electron chi connectivity index (χ3n) is 4.23. The van der Waals surface area contributed by atoms with E-state index in [9.17, 15) is 9.59 Å². The van der Waals surface area contributed by atoms with Crippen molar-refractivity contribution in [3.8, 4) is 5.75 Å². The topological polar surface area (TPSA) is 78.9 Å². The minimum Gasteiger partial charge on any atom is -0.494 e. The van der Waals surface area contributed by atoms with Crippen molar-refractivity contribution in [2.24, 2.45) is 11.8 Å². The Balaban J connectivity index is 1.61. The summed E-state index contributed by atoms with van der Waals surface area (Å²) < 4.78 is 5.59. The standard InChI is InChI=1S/C18H25ClN2O4/c1-13-10-14(17(22)23)12-21(11-13)18(24)20-8-2-3-9-25-16-6-4-15(19)5-7-16/h4-7,13-14H,2-3,8-12H2,1H3,(H,20,24)(H,22,23). The summed E-state index contributed by atoms with van der Waals surface area (Å²) >= 11 is 5.81. The Morgan fingerprint density at radius 1 is 1.28 bits per heavy atom. The number of benzene rings is 1. The summed E-state index contributed by atoms with van der Waals surface area (Å²) in [6.07, 6.45) is 2.24. The molecule has 7 heteroatoms. The van der Waals surface area contributed by atoms with Crippen LogP contribution in [0, 0.1) is 11.8 Å². The monoisotopic (exact) mass is 368 g/mol. The third-order valence-corrected chi connectivity index (χ3v) is 4.48. The Hall–Kier alpha value is -1.95. The Bertz CT molecular complexity index is 579. The number of carbonyl (C=O) groups excluding carboxylic acids is 1. The number of likely N-dealkylation sites (tertiary alicyclic amines) is 1. The third kappa shape index (κ3) is 6.46. The minimum atomic E-state index is -0.830. The Labute approximate surface area is 153 Å². The zero-order chi connectivity index (χ0) is 18.2. The molecular weight excluding hydrogens is 344 g/mol. The first-order valence-electron chi connectivity index (χ1n) is 8.59. The smallest absolute Gasteiger partial charge is 0.317 e. The maximum absolute atomic E-state index is 12.2. The van der Waals surface area contributed by atoms with Crippen molar-refractivity contribution >= 4 is 23.6 Å². The molecule has 1 aliphatic rings. The van der Waals surface area contributed by atoms with Crippen LogP contribution in [0.4, 0.5) is 4.79 Å². The van der Waals surface area contributed by atoms with Crippen LogP contribution in [0.3, 0.4) is 0 Å². The van der Waals surface area contributed by atoms with E-state index < -0.39 is 11.9 Å². The molecule has 1 aromatic rings. The van der Waals surface area contributed by atoms with Gasteiger partial charge in [-0.1, -0.05) is 18.5 Å². The van der Waals surface area contributed by atoms with Crippen LogP contribution in [0.5, 0.6) is 5.75 Å². The van der Waals surface area contributed by atoms with Crippen molar-refractivity contribution in [1.29, 1.82) is 0 Å². The van der Waals surface area contributed by atoms with Crippen molar-refractivity contribution in [3.63, 3.8) is 0 Å². The van der Waals surface area contributed by atoms with Crippen molar-refractivity contribution in [2.75, 3.05) is 26.2 Å². The van der Waals surface area contributed by atoms with Gasteiger partial charge in [0.05, 0.1) is 12.5 Å². The van der Waals surface area contributed by atoms with E-state index in [2.05, 4.69) is 5.32 Å². The van der Waals surface area contributed by atoms with Gasteiger partial charge in [0.1, 0.15) is 5.75 Å². The van der Waals surface area contributed by atoms with Crippen LogP contribution in [-0.4, -0.2) is 48.2 Å². The lowest BCUT2D eigenvalue weighted by atomic mass is 9.91. The van der Waals surface area contributed by atoms with Crippen LogP contribution in [0.15, 0.2) is 24.3 Å². The van der Waals surface area contributed by atoms with E-state index in [1.807, 2.05) is 19.1 Å². The molecule has 0 saturated carbocycles. The van der Waals surface area contributed by atoms with Crippen LogP contribution < -0.4 is 10.1 Å². The number of piperidine rings is 1. The molecule has 2 amide bonds. The molecule has 1 fully saturated rings. The molecule has 2 unspecified atom stereocenters. The van der Waals surface area contributed by atoms with Gasteiger partial charge in [-0.05, 0) is 49.4 Å². The number of unbranched alkanes of at least 4 members (excludes halogenated alkanes) is 1. The lowest BCUT2D eigenvalue weighted by Gasteiger charge is -2.34. The molecule has 0 bridgehead atoms. The number of aliphatic carboxylic acids is 1. The van der Waals surface area contributed by atoms with E-state index >= 15 is 0 Å². The molecule has 138 valence electrons. The highest BCUT2D eigenvalue weighted by Gasteiger charge is 2.31. The summed E-state index contributed by atoms with van der Waals surface area (Å²) in [7, 11) is 0. The highest BCUT2D eigenvalue weighted by molar-refractivity contribution is 6.30. The number of ether oxygens (including phenoxy) is 1. The summed E-state index contributed by atoms with van der Waals surface area (Å²) in [6.45, 7) is 3.98. The van der Waals surface area contributed by atoms with E-state index in [1.54, 1.807) is 17.0 Å². The van der Waals surface area contributed by atoms with Crippen molar-refractivity contribution in [2.45, 2.75) is 26.2 Å². The van der Waals surface area contributed by atoms with E-state index in [4.69, 9.17) is 21.4 Å². The molecule has 1 aromatic carbocycles. The van der Waals surface area contributed by atoms with E-state index in [0.717, 1.165) is 18.6 Å². The molecule has 1 heterocycles. The maximum Gasteiger partial charge on any atom is 0.317 e. The molecule has 2 N–H and O–H groups in total. The summed E-state index contributed by atoms with van der Waals surface area (Å²) in [4.78, 5) is 24.9. The molecular formula is C18H25ClN2O4. The Morgan fingerprint density at radius 3 is 2.68 bits per heavy atom. The lowest BCUT2D eigenvalue weighted by molar-refractivity contribution is -0.143. The number of rotatable bonds is 7. The second-order valence-electron chi connectivity index (χ2n) is 6.52. The molecule has 2 rings (SSSR count). The van der Waals surface area contributed by atoms with Gasteiger partial charge < -0.3 is 20.1 Å². The number of carboxylic acid groups (broad SMARTS) is 1. The zero-order valence-electron chi connectivity index (χ0n) is 14.4. The van der Waals surface area contributed by atoms with Crippen molar-refractivity contribution < 1.29 is 19.4 Å². The van der Waals surface area contributed by atoms with Crippen LogP contribution >= 0.6 is 11.6 Å². The molecule has 25 heavy (non-hydrogen) atoms. The number of urea groups is 1. The first-order chi connectivity index (χ1) is 12.0. The van der Waals surface area contributed by atoms with Gasteiger partial charge in [-0.2, -0.15) is 0 Å². The number of hydrogen-bond donors (Lipinski definition) is 2. The number of hydrogen-bond acceptors (Lipinski definition) is 3. The van der Waals surface area contributed by atoms with Gasteiger partial charge in [0.25, 0.3) is 0 Å². The molecule has 0 spiro atoms. The average molecular weight is 369 g/mol. The molecule has 0 radical (unpaired) electrons. The number of amides is 2. The van der Waals surface area contributed by atoms with Gasteiger partial charge in [0.15, 0.2) is 0 Å². The predicted octanol–water partition coefficient (Wildman–Crippen LogP) is 3.25. The predicted molar refractivity (Wildman–Crippen MR) is 96.1 cm³/mol. The second kappa shape index (κ2) is 9.51. The Morgan fingerprint density at radius 2 is 2.00 bits per heavy atom. The first-order valence-corrected chi connectivity index (χ1v) is 8.97. The minimum absolute atomic E-state index is 0.184. The SMILES string of the molecule is CC1CC(C(=O)O)CN(C(=O)NCCCCOc2ccc(Cl)cc2)C1. The summed E-state index contributed by atoms with van der Waals surface area (Å²) in [5.74, 6) is -0.324. The highest BCUT2D eigenvalue weighted by Crippen LogP contribution is 2.21. The van der Waals surface area contributed by atoms with Gasteiger partial charge in [-0.3, -0.25) is 4.79 Å². The van der Waals surface area contributed by atoms with Gasteiger partial charge in [0, 0.05) is 24.7 Å². The van der Waals surface area contributed by atoms with Gasteiger partial charge in [-0.25, -0.2) is 4.79 Å². The number of halogens is 1. The average Bonchev–Trinajstić information content (AvgIpc) is 2.58. The maximum atomic E-state index is 12.2. The fourth-order valence-electron chi connectivity index (χ4n) is 2.95. The fraction of sp³-hybridized carbons (Fsp3) is 0.556. The first kappa shape index (κ1) is 19.4. The number of carbonyl (C=O) groups is 2. The van der Waals surface area contributed by atoms with E-state index in [0.29, 0.717) is 31.1 Å². The lowest BCUT2D eigenvalue weighted by Crippen LogP contribution is -2.49. The number of carboxylic acids is 1. The number of nitrogens with zero attached hydrogens (tertiary/aromatic N) is 1. The largest absolute Gasteiger partial charge is 0.494 e. The van der Waals surface area contributed by atoms with Crippen LogP contribution in [-0.2, 0) is 4.79 Å². The normalized spacial score (nSPS) is 20.2. The van der Waals surface area contributed by atoms with Crippen molar-refractivity contribution in [3.05, 3.63) is 29.3 Å². The van der Waals surface area contributed by atoms with Crippen LogP contribution in [0.2, 0.25) is 5.02 Å². The molecule has 1 aliphatic heterocycles. The summed E-state index contributed by atoms with van der Waals surface area (Å²) in [6, 6.07) is 7.01. The summed E-state index contributed by atoms with van der Waals surface area (Å²) in [5, 5.41) is 12.7. The summed E-state index contributed by atoms with van der Waals surface area (Å²) in [5.41, 5.74) is 0. The van der Waals surface area contributed by atoms with Crippen LogP contribution in [0.25, 0.3) is 0 Å². The molecule has 2 atom stereocenters. The van der Waals surface area contributed by atoms with E-state index in [1.165, 1.54) is 0 Å². The molecule has 1 saturated heterocycles. The molecule has 0 aliphatic carbocycles. The van der Waals surface area contributed by atoms with Crippen molar-refractivity contribution in [1.82, 2.24) is 10.2 Å².